The molecule has 0 bridgehead atoms. The van der Waals surface area contributed by atoms with E-state index in [9.17, 15) is 0 Å². The van der Waals surface area contributed by atoms with Crippen LogP contribution in [0.1, 0.15) is 51.4 Å². The summed E-state index contributed by atoms with van der Waals surface area (Å²) in [4.78, 5) is 9.33. The summed E-state index contributed by atoms with van der Waals surface area (Å²) in [7, 11) is 0. The van der Waals surface area contributed by atoms with E-state index < -0.39 is 0 Å². The number of aromatic nitrogens is 3. The van der Waals surface area contributed by atoms with E-state index in [1.807, 2.05) is 12.3 Å². The van der Waals surface area contributed by atoms with Gasteiger partial charge >= 0.3 is 0 Å². The molecule has 1 aliphatic rings. The first-order valence-corrected chi connectivity index (χ1v) is 7.63. The minimum atomic E-state index is 0.286. The van der Waals surface area contributed by atoms with Gasteiger partial charge in [0, 0.05) is 18.7 Å². The standard InChI is InChI=1S/C16H24N4/c1-16(2,9-10-17)8-7-14-19-13-4-3-11-18-15(13)20(14)12-5-6-12/h3-4,11-12H,5-10,17H2,1-2H3. The zero-order chi connectivity index (χ0) is 14.2. The molecule has 0 aromatic carbocycles. The molecule has 1 fully saturated rings. The molecule has 4 nitrogen and oxygen atoms in total. The molecular formula is C16H24N4. The number of aryl methyl sites for hydroxylation is 1. The summed E-state index contributed by atoms with van der Waals surface area (Å²) < 4.78 is 2.37. The number of nitrogens with zero attached hydrogens (tertiary/aromatic N) is 3. The monoisotopic (exact) mass is 272 g/mol. The van der Waals surface area contributed by atoms with E-state index in [0.717, 1.165) is 37.0 Å². The van der Waals surface area contributed by atoms with E-state index in [4.69, 9.17) is 10.7 Å². The largest absolute Gasteiger partial charge is 0.330 e. The summed E-state index contributed by atoms with van der Waals surface area (Å²) in [6.07, 6.45) is 7.60. The molecule has 108 valence electrons. The predicted octanol–water partition coefficient (Wildman–Crippen LogP) is 3.07. The van der Waals surface area contributed by atoms with Gasteiger partial charge in [-0.25, -0.2) is 9.97 Å². The van der Waals surface area contributed by atoms with Crippen LogP contribution in [0, 0.1) is 5.41 Å². The molecular weight excluding hydrogens is 248 g/mol. The molecule has 0 spiro atoms. The van der Waals surface area contributed by atoms with E-state index in [-0.39, 0.29) is 5.41 Å². The number of hydrogen-bond acceptors (Lipinski definition) is 3. The van der Waals surface area contributed by atoms with Gasteiger partial charge in [0.05, 0.1) is 0 Å². The molecule has 2 heterocycles. The number of pyridine rings is 1. The highest BCUT2D eigenvalue weighted by molar-refractivity contribution is 5.71. The zero-order valence-corrected chi connectivity index (χ0v) is 12.5. The second kappa shape index (κ2) is 5.17. The average Bonchev–Trinajstić information content (AvgIpc) is 3.17. The van der Waals surface area contributed by atoms with Crippen molar-refractivity contribution in [3.63, 3.8) is 0 Å². The van der Waals surface area contributed by atoms with E-state index >= 15 is 0 Å². The van der Waals surface area contributed by atoms with Crippen molar-refractivity contribution in [2.75, 3.05) is 6.54 Å². The topological polar surface area (TPSA) is 56.7 Å². The molecule has 20 heavy (non-hydrogen) atoms. The molecule has 0 saturated heterocycles. The lowest BCUT2D eigenvalue weighted by atomic mass is 9.84. The van der Waals surface area contributed by atoms with Crippen LogP contribution < -0.4 is 5.73 Å². The first-order valence-electron chi connectivity index (χ1n) is 7.63. The molecule has 4 heteroatoms. The highest BCUT2D eigenvalue weighted by Crippen LogP contribution is 2.39. The first kappa shape index (κ1) is 13.6. The van der Waals surface area contributed by atoms with Gasteiger partial charge in [-0.1, -0.05) is 13.8 Å². The van der Waals surface area contributed by atoms with Gasteiger partial charge in [-0.15, -0.1) is 0 Å². The van der Waals surface area contributed by atoms with Crippen molar-refractivity contribution in [2.24, 2.45) is 11.1 Å². The third-order valence-electron chi connectivity index (χ3n) is 4.28. The average molecular weight is 272 g/mol. The summed E-state index contributed by atoms with van der Waals surface area (Å²) in [5.41, 5.74) is 8.08. The van der Waals surface area contributed by atoms with Crippen molar-refractivity contribution in [3.05, 3.63) is 24.2 Å². The van der Waals surface area contributed by atoms with Gasteiger partial charge in [0.25, 0.3) is 0 Å². The fraction of sp³-hybridized carbons (Fsp3) is 0.625. The van der Waals surface area contributed by atoms with Crippen LogP contribution in [0.2, 0.25) is 0 Å². The van der Waals surface area contributed by atoms with E-state index in [0.29, 0.717) is 6.04 Å². The van der Waals surface area contributed by atoms with Crippen molar-refractivity contribution >= 4 is 11.2 Å². The normalized spacial score (nSPS) is 15.9. The van der Waals surface area contributed by atoms with Gasteiger partial charge in [0.1, 0.15) is 11.3 Å². The van der Waals surface area contributed by atoms with Crippen molar-refractivity contribution in [1.29, 1.82) is 0 Å². The van der Waals surface area contributed by atoms with E-state index in [1.54, 1.807) is 0 Å². The summed E-state index contributed by atoms with van der Waals surface area (Å²) in [5, 5.41) is 0. The van der Waals surface area contributed by atoms with Gasteiger partial charge in [0.15, 0.2) is 5.65 Å². The molecule has 0 amide bonds. The predicted molar refractivity (Wildman–Crippen MR) is 81.6 cm³/mol. The van der Waals surface area contributed by atoms with Gasteiger partial charge in [-0.2, -0.15) is 0 Å². The smallest absolute Gasteiger partial charge is 0.160 e. The van der Waals surface area contributed by atoms with Crippen molar-refractivity contribution < 1.29 is 0 Å². The summed E-state index contributed by atoms with van der Waals surface area (Å²) in [6, 6.07) is 4.66. The van der Waals surface area contributed by atoms with Crippen LogP contribution in [0.3, 0.4) is 0 Å². The lowest BCUT2D eigenvalue weighted by Gasteiger charge is -2.23. The number of rotatable bonds is 6. The molecule has 0 radical (unpaired) electrons. The quantitative estimate of drug-likeness (QED) is 0.879. The summed E-state index contributed by atoms with van der Waals surface area (Å²) in [6.45, 7) is 5.35. The number of hydrogen-bond donors (Lipinski definition) is 1. The Balaban J connectivity index is 1.85. The molecule has 1 saturated carbocycles. The fourth-order valence-corrected chi connectivity index (χ4v) is 2.84. The molecule has 2 aromatic rings. The fourth-order valence-electron chi connectivity index (χ4n) is 2.84. The van der Waals surface area contributed by atoms with Crippen LogP contribution in [0.15, 0.2) is 18.3 Å². The van der Waals surface area contributed by atoms with Crippen LogP contribution in [0.5, 0.6) is 0 Å². The molecule has 2 aromatic heterocycles. The molecule has 3 rings (SSSR count). The Hall–Kier alpha value is -1.42. The SMILES string of the molecule is CC(C)(CCN)CCc1nc2cccnc2n1C1CC1. The third-order valence-corrected chi connectivity index (χ3v) is 4.28. The lowest BCUT2D eigenvalue weighted by Crippen LogP contribution is -2.18. The molecule has 2 N–H and O–H groups in total. The van der Waals surface area contributed by atoms with Crippen LogP contribution in [-0.4, -0.2) is 21.1 Å². The van der Waals surface area contributed by atoms with Gasteiger partial charge < -0.3 is 10.3 Å². The Bertz CT molecular complexity index is 596. The lowest BCUT2D eigenvalue weighted by molar-refractivity contribution is 0.309. The van der Waals surface area contributed by atoms with E-state index in [1.165, 1.54) is 18.7 Å². The Morgan fingerprint density at radius 1 is 1.35 bits per heavy atom. The summed E-state index contributed by atoms with van der Waals surface area (Å²) in [5.74, 6) is 1.20. The van der Waals surface area contributed by atoms with Crippen LogP contribution >= 0.6 is 0 Å². The van der Waals surface area contributed by atoms with Crippen LogP contribution in [0.4, 0.5) is 0 Å². The number of fused-ring (bicyclic) bond motifs is 1. The zero-order valence-electron chi connectivity index (χ0n) is 12.5. The molecule has 0 atom stereocenters. The number of imidazole rings is 1. The second-order valence-corrected chi connectivity index (χ2v) is 6.68. The Labute approximate surface area is 120 Å². The Morgan fingerprint density at radius 3 is 2.85 bits per heavy atom. The highest BCUT2D eigenvalue weighted by atomic mass is 15.2. The van der Waals surface area contributed by atoms with Crippen molar-refractivity contribution in [3.8, 4) is 0 Å². The highest BCUT2D eigenvalue weighted by Gasteiger charge is 2.29. The maximum absolute atomic E-state index is 5.70. The first-order chi connectivity index (χ1) is 9.61. The third kappa shape index (κ3) is 2.70. The molecule has 1 aliphatic carbocycles. The molecule has 0 unspecified atom stereocenters. The van der Waals surface area contributed by atoms with Gasteiger partial charge in [-0.05, 0) is 49.8 Å². The summed E-state index contributed by atoms with van der Waals surface area (Å²) >= 11 is 0. The minimum absolute atomic E-state index is 0.286. The number of nitrogens with two attached hydrogens (primary N) is 1. The van der Waals surface area contributed by atoms with Gasteiger partial charge in [0.2, 0.25) is 0 Å². The Kier molecular flexibility index (Phi) is 3.50. The molecule has 0 aliphatic heterocycles. The van der Waals surface area contributed by atoms with Crippen LogP contribution in [-0.2, 0) is 6.42 Å². The van der Waals surface area contributed by atoms with Gasteiger partial charge in [-0.3, -0.25) is 0 Å². The van der Waals surface area contributed by atoms with E-state index in [2.05, 4.69) is 29.5 Å². The van der Waals surface area contributed by atoms with Crippen molar-refractivity contribution in [2.45, 2.75) is 52.0 Å². The maximum atomic E-state index is 5.70. The second-order valence-electron chi connectivity index (χ2n) is 6.68. The Morgan fingerprint density at radius 2 is 2.15 bits per heavy atom. The van der Waals surface area contributed by atoms with Crippen molar-refractivity contribution in [1.82, 2.24) is 14.5 Å². The minimum Gasteiger partial charge on any atom is -0.330 e. The maximum Gasteiger partial charge on any atom is 0.160 e. The van der Waals surface area contributed by atoms with Crippen LogP contribution in [0.25, 0.3) is 11.2 Å².